The van der Waals surface area contributed by atoms with Gasteiger partial charge in [0.1, 0.15) is 11.6 Å². The Kier molecular flexibility index (Phi) is 4.10. The van der Waals surface area contributed by atoms with Crippen molar-refractivity contribution in [2.24, 2.45) is 0 Å². The molecule has 5 nitrogen and oxygen atoms in total. The number of benzene rings is 1. The molecule has 0 fully saturated rings. The van der Waals surface area contributed by atoms with Gasteiger partial charge in [0.25, 0.3) is 0 Å². The van der Waals surface area contributed by atoms with E-state index in [1.165, 1.54) is 17.0 Å². The molecule has 0 spiro atoms. The Morgan fingerprint density at radius 2 is 1.96 bits per heavy atom. The second kappa shape index (κ2) is 5.92. The minimum Gasteiger partial charge on any atom is -0.351 e. The number of nitrogens with zero attached hydrogens (tertiary/aromatic N) is 4. The van der Waals surface area contributed by atoms with Gasteiger partial charge in [-0.15, -0.1) is 0 Å². The van der Waals surface area contributed by atoms with Crippen LogP contribution in [0.2, 0.25) is 0 Å². The molecule has 122 valence electrons. The smallest absolute Gasteiger partial charge is 0.203 e. The Morgan fingerprint density at radius 1 is 1.22 bits per heavy atom. The van der Waals surface area contributed by atoms with Gasteiger partial charge in [-0.25, -0.2) is 9.97 Å². The molecule has 0 aliphatic rings. The molecule has 0 bridgehead atoms. The topological polar surface area (TPSA) is 55.6 Å². The zero-order chi connectivity index (χ0) is 16.6. The standard InChI is InChI=1S/C17H23N5S/c1-6-22-13-10-8-7-9-12(13)19-14(22)11(2)18-16-20-15(21-23-16)17(3,4)5/h7-11H,6H2,1-5H3,(H,18,20,21)/t11-/m0/s1. The minimum atomic E-state index is -0.0315. The summed E-state index contributed by atoms with van der Waals surface area (Å²) in [5, 5.41) is 4.29. The van der Waals surface area contributed by atoms with Gasteiger partial charge in [0.05, 0.1) is 17.1 Å². The molecule has 23 heavy (non-hydrogen) atoms. The third-order valence-electron chi connectivity index (χ3n) is 3.82. The van der Waals surface area contributed by atoms with Crippen LogP contribution in [-0.2, 0) is 12.0 Å². The van der Waals surface area contributed by atoms with Crippen LogP contribution in [0.15, 0.2) is 24.3 Å². The molecule has 0 saturated carbocycles. The fraction of sp³-hybridized carbons (Fsp3) is 0.471. The van der Waals surface area contributed by atoms with Crippen LogP contribution in [0, 0.1) is 0 Å². The van der Waals surface area contributed by atoms with Crippen molar-refractivity contribution in [3.8, 4) is 0 Å². The lowest BCUT2D eigenvalue weighted by Gasteiger charge is -2.15. The minimum absolute atomic E-state index is 0.0315. The van der Waals surface area contributed by atoms with Crippen LogP contribution in [-0.4, -0.2) is 18.9 Å². The maximum Gasteiger partial charge on any atom is 0.203 e. The summed E-state index contributed by atoms with van der Waals surface area (Å²) in [6.07, 6.45) is 0. The second-order valence-corrected chi connectivity index (χ2v) is 7.49. The maximum absolute atomic E-state index is 4.79. The van der Waals surface area contributed by atoms with Gasteiger partial charge in [-0.05, 0) is 26.0 Å². The van der Waals surface area contributed by atoms with Gasteiger partial charge in [0.2, 0.25) is 5.13 Å². The number of imidazole rings is 1. The summed E-state index contributed by atoms with van der Waals surface area (Å²) < 4.78 is 6.71. The summed E-state index contributed by atoms with van der Waals surface area (Å²) in [6, 6.07) is 8.32. The average Bonchev–Trinajstić information content (AvgIpc) is 3.10. The number of hydrogen-bond acceptors (Lipinski definition) is 5. The van der Waals surface area contributed by atoms with Crippen molar-refractivity contribution >= 4 is 27.7 Å². The molecule has 0 saturated heterocycles. The number of aryl methyl sites for hydroxylation is 1. The van der Waals surface area contributed by atoms with Crippen molar-refractivity contribution in [1.82, 2.24) is 18.9 Å². The van der Waals surface area contributed by atoms with E-state index in [1.807, 2.05) is 6.07 Å². The van der Waals surface area contributed by atoms with Gasteiger partial charge in [-0.1, -0.05) is 32.9 Å². The number of rotatable bonds is 4. The number of fused-ring (bicyclic) bond motifs is 1. The fourth-order valence-electron chi connectivity index (χ4n) is 2.59. The quantitative estimate of drug-likeness (QED) is 0.772. The molecule has 2 heterocycles. The molecule has 0 amide bonds. The molecule has 0 unspecified atom stereocenters. The highest BCUT2D eigenvalue weighted by Crippen LogP contribution is 2.27. The molecule has 0 aliphatic carbocycles. The molecule has 6 heteroatoms. The van der Waals surface area contributed by atoms with Gasteiger partial charge < -0.3 is 9.88 Å². The first-order valence-electron chi connectivity index (χ1n) is 7.96. The van der Waals surface area contributed by atoms with Crippen LogP contribution in [0.3, 0.4) is 0 Å². The zero-order valence-corrected chi connectivity index (χ0v) is 15.1. The summed E-state index contributed by atoms with van der Waals surface area (Å²) in [4.78, 5) is 9.41. The van der Waals surface area contributed by atoms with Crippen molar-refractivity contribution in [1.29, 1.82) is 0 Å². The van der Waals surface area contributed by atoms with Crippen molar-refractivity contribution in [3.63, 3.8) is 0 Å². The second-order valence-electron chi connectivity index (χ2n) is 6.74. The summed E-state index contributed by atoms with van der Waals surface area (Å²) in [5.41, 5.74) is 2.17. The van der Waals surface area contributed by atoms with Gasteiger partial charge in [0.15, 0.2) is 0 Å². The Hall–Kier alpha value is -1.95. The molecule has 0 aliphatic heterocycles. The average molecular weight is 329 g/mol. The molecule has 1 N–H and O–H groups in total. The van der Waals surface area contributed by atoms with Gasteiger partial charge in [-0.3, -0.25) is 0 Å². The summed E-state index contributed by atoms with van der Waals surface area (Å²) >= 11 is 1.41. The highest BCUT2D eigenvalue weighted by molar-refractivity contribution is 7.09. The van der Waals surface area contributed by atoms with Crippen LogP contribution in [0.1, 0.15) is 52.3 Å². The Bertz CT molecular complexity index is 812. The van der Waals surface area contributed by atoms with Crippen molar-refractivity contribution < 1.29 is 0 Å². The van der Waals surface area contributed by atoms with E-state index in [2.05, 4.69) is 72.1 Å². The Balaban J connectivity index is 1.89. The third-order valence-corrected chi connectivity index (χ3v) is 4.47. The highest BCUT2D eigenvalue weighted by atomic mass is 32.1. The predicted molar refractivity (Wildman–Crippen MR) is 96.1 cm³/mol. The SMILES string of the molecule is CCn1c([C@H](C)Nc2nc(C(C)(C)C)ns2)nc2ccccc21. The van der Waals surface area contributed by atoms with E-state index in [1.54, 1.807) is 0 Å². The third kappa shape index (κ3) is 3.08. The van der Waals surface area contributed by atoms with Crippen molar-refractivity contribution in [2.45, 2.75) is 52.6 Å². The molecule has 3 rings (SSSR count). The lowest BCUT2D eigenvalue weighted by molar-refractivity contribution is 0.554. The number of para-hydroxylation sites is 2. The number of hydrogen-bond donors (Lipinski definition) is 1. The first-order valence-corrected chi connectivity index (χ1v) is 8.73. The first kappa shape index (κ1) is 15.9. The first-order chi connectivity index (χ1) is 10.9. The van der Waals surface area contributed by atoms with Crippen LogP contribution in [0.25, 0.3) is 11.0 Å². The van der Waals surface area contributed by atoms with E-state index in [0.29, 0.717) is 0 Å². The monoisotopic (exact) mass is 329 g/mol. The fourth-order valence-corrected chi connectivity index (χ4v) is 3.44. The number of anilines is 1. The van der Waals surface area contributed by atoms with E-state index < -0.39 is 0 Å². The van der Waals surface area contributed by atoms with Crippen LogP contribution in [0.5, 0.6) is 0 Å². The summed E-state index contributed by atoms with van der Waals surface area (Å²) in [5.74, 6) is 1.91. The van der Waals surface area contributed by atoms with Crippen molar-refractivity contribution in [3.05, 3.63) is 35.9 Å². The maximum atomic E-state index is 4.79. The summed E-state index contributed by atoms with van der Waals surface area (Å²) in [7, 11) is 0. The molecule has 0 radical (unpaired) electrons. The largest absolute Gasteiger partial charge is 0.351 e. The number of aromatic nitrogens is 4. The van der Waals surface area contributed by atoms with Crippen LogP contribution in [0.4, 0.5) is 5.13 Å². The van der Waals surface area contributed by atoms with E-state index in [-0.39, 0.29) is 11.5 Å². The summed E-state index contributed by atoms with van der Waals surface area (Å²) in [6.45, 7) is 11.5. The van der Waals surface area contributed by atoms with Crippen LogP contribution >= 0.6 is 11.5 Å². The predicted octanol–water partition coefficient (Wildman–Crippen LogP) is 4.38. The lowest BCUT2D eigenvalue weighted by atomic mass is 9.96. The molecule has 3 aromatic rings. The highest BCUT2D eigenvalue weighted by Gasteiger charge is 2.21. The molecular weight excluding hydrogens is 306 g/mol. The molecule has 2 aromatic heterocycles. The zero-order valence-electron chi connectivity index (χ0n) is 14.3. The van der Waals surface area contributed by atoms with E-state index >= 15 is 0 Å². The Morgan fingerprint density at radius 3 is 2.61 bits per heavy atom. The van der Waals surface area contributed by atoms with E-state index in [9.17, 15) is 0 Å². The lowest BCUT2D eigenvalue weighted by Crippen LogP contribution is -2.15. The van der Waals surface area contributed by atoms with Crippen molar-refractivity contribution in [2.75, 3.05) is 5.32 Å². The Labute approximate surface area is 140 Å². The molecular formula is C17H23N5S. The molecule has 1 aromatic carbocycles. The normalized spacial score (nSPS) is 13.4. The van der Waals surface area contributed by atoms with Gasteiger partial charge in [0, 0.05) is 23.5 Å². The van der Waals surface area contributed by atoms with E-state index in [0.717, 1.165) is 28.8 Å². The van der Waals surface area contributed by atoms with Gasteiger partial charge in [-0.2, -0.15) is 4.37 Å². The number of nitrogens with one attached hydrogen (secondary N) is 1. The van der Waals surface area contributed by atoms with E-state index in [4.69, 9.17) is 4.98 Å². The van der Waals surface area contributed by atoms with Gasteiger partial charge >= 0.3 is 0 Å². The molecule has 1 atom stereocenters. The van der Waals surface area contributed by atoms with Crippen LogP contribution < -0.4 is 5.32 Å².